The van der Waals surface area contributed by atoms with Gasteiger partial charge in [0.1, 0.15) is 11.5 Å². The fraction of sp³-hybridized carbons (Fsp3) is 0.421. The van der Waals surface area contributed by atoms with Gasteiger partial charge in [-0.25, -0.2) is 0 Å². The van der Waals surface area contributed by atoms with E-state index in [2.05, 4.69) is 10.2 Å². The molecule has 3 rings (SSSR count). The maximum atomic E-state index is 12.2. The van der Waals surface area contributed by atoms with E-state index in [9.17, 15) is 14.9 Å². The fourth-order valence-corrected chi connectivity index (χ4v) is 3.07. The number of carbonyl (C=O) groups is 1. The Labute approximate surface area is 162 Å². The van der Waals surface area contributed by atoms with Crippen molar-refractivity contribution in [2.45, 2.75) is 13.0 Å². The zero-order chi connectivity index (χ0) is 19.9. The first-order valence-corrected chi connectivity index (χ1v) is 9.05. The van der Waals surface area contributed by atoms with E-state index in [1.165, 1.54) is 12.1 Å². The number of benzene rings is 1. The Hall–Kier alpha value is -2.91. The zero-order valence-corrected chi connectivity index (χ0v) is 15.6. The minimum Gasteiger partial charge on any atom is -0.477 e. The van der Waals surface area contributed by atoms with Crippen LogP contribution in [0.25, 0.3) is 0 Å². The molecule has 1 aromatic heterocycles. The highest BCUT2D eigenvalue weighted by Gasteiger charge is 2.26. The number of hydrogen-bond donors (Lipinski definition) is 1. The maximum Gasteiger partial charge on any atom is 0.310 e. The lowest BCUT2D eigenvalue weighted by Gasteiger charge is -2.33. The van der Waals surface area contributed by atoms with Gasteiger partial charge in [-0.1, -0.05) is 12.1 Å². The SMILES string of the molecule is Cc1ccc(C(CNC(=O)COc2ccccc2[N+](=O)[O-])N2CCOCC2)o1. The molecule has 1 fully saturated rings. The third-order valence-corrected chi connectivity index (χ3v) is 4.49. The lowest BCUT2D eigenvalue weighted by atomic mass is 10.1. The van der Waals surface area contributed by atoms with Crippen molar-refractivity contribution in [3.8, 4) is 5.75 Å². The van der Waals surface area contributed by atoms with Gasteiger partial charge in [0.15, 0.2) is 12.4 Å². The molecule has 1 atom stereocenters. The lowest BCUT2D eigenvalue weighted by Crippen LogP contribution is -2.44. The van der Waals surface area contributed by atoms with Gasteiger partial charge in [0.05, 0.1) is 24.2 Å². The van der Waals surface area contributed by atoms with Gasteiger partial charge in [-0.2, -0.15) is 0 Å². The second kappa shape index (κ2) is 9.34. The molecule has 0 spiro atoms. The van der Waals surface area contributed by atoms with Gasteiger partial charge in [-0.05, 0) is 25.1 Å². The topological polar surface area (TPSA) is 107 Å². The predicted molar refractivity (Wildman–Crippen MR) is 100 cm³/mol. The molecule has 0 saturated carbocycles. The Morgan fingerprint density at radius 3 is 2.71 bits per heavy atom. The van der Waals surface area contributed by atoms with Crippen molar-refractivity contribution in [2.24, 2.45) is 0 Å². The number of ether oxygens (including phenoxy) is 2. The molecule has 1 N–H and O–H groups in total. The minimum absolute atomic E-state index is 0.0639. The standard InChI is InChI=1S/C19H23N3O6/c1-14-6-7-18(28-14)16(21-8-10-26-11-9-21)12-20-19(23)13-27-17-5-3-2-4-15(17)22(24)25/h2-7,16H,8-13H2,1H3,(H,20,23). The average molecular weight is 389 g/mol. The second-order valence-electron chi connectivity index (χ2n) is 6.43. The minimum atomic E-state index is -0.541. The Kier molecular flexibility index (Phi) is 6.62. The van der Waals surface area contributed by atoms with Crippen LogP contribution in [0.2, 0.25) is 0 Å². The van der Waals surface area contributed by atoms with Crippen LogP contribution < -0.4 is 10.1 Å². The summed E-state index contributed by atoms with van der Waals surface area (Å²) in [6.07, 6.45) is 0. The number of para-hydroxylation sites is 2. The van der Waals surface area contributed by atoms with Crippen molar-refractivity contribution >= 4 is 11.6 Å². The first-order chi connectivity index (χ1) is 13.5. The number of nitrogens with one attached hydrogen (secondary N) is 1. The fourth-order valence-electron chi connectivity index (χ4n) is 3.07. The van der Waals surface area contributed by atoms with Crippen LogP contribution in [0.1, 0.15) is 17.6 Å². The van der Waals surface area contributed by atoms with Crippen LogP contribution in [-0.4, -0.2) is 55.2 Å². The van der Waals surface area contributed by atoms with E-state index in [0.29, 0.717) is 19.8 Å². The van der Waals surface area contributed by atoms with E-state index in [1.54, 1.807) is 12.1 Å². The molecule has 150 valence electrons. The monoisotopic (exact) mass is 389 g/mol. The van der Waals surface area contributed by atoms with Crippen LogP contribution >= 0.6 is 0 Å². The Morgan fingerprint density at radius 2 is 2.04 bits per heavy atom. The largest absolute Gasteiger partial charge is 0.477 e. The highest BCUT2D eigenvalue weighted by atomic mass is 16.6. The summed E-state index contributed by atoms with van der Waals surface area (Å²) in [7, 11) is 0. The van der Waals surface area contributed by atoms with E-state index in [0.717, 1.165) is 24.6 Å². The van der Waals surface area contributed by atoms with E-state index in [4.69, 9.17) is 13.9 Å². The Bertz CT molecular complexity index is 816. The van der Waals surface area contributed by atoms with Crippen LogP contribution in [0.15, 0.2) is 40.8 Å². The molecule has 1 saturated heterocycles. The lowest BCUT2D eigenvalue weighted by molar-refractivity contribution is -0.385. The third-order valence-electron chi connectivity index (χ3n) is 4.49. The molecule has 1 aromatic carbocycles. The van der Waals surface area contributed by atoms with Crippen molar-refractivity contribution in [1.29, 1.82) is 0 Å². The Balaban J connectivity index is 1.58. The maximum absolute atomic E-state index is 12.2. The van der Waals surface area contributed by atoms with Crippen molar-refractivity contribution in [3.63, 3.8) is 0 Å². The normalized spacial score (nSPS) is 15.8. The van der Waals surface area contributed by atoms with Gasteiger partial charge in [0, 0.05) is 25.7 Å². The summed E-state index contributed by atoms with van der Waals surface area (Å²) in [5.74, 6) is 1.28. The van der Waals surface area contributed by atoms with Gasteiger partial charge in [-0.3, -0.25) is 19.8 Å². The van der Waals surface area contributed by atoms with Crippen LogP contribution in [-0.2, 0) is 9.53 Å². The highest BCUT2D eigenvalue weighted by Crippen LogP contribution is 2.26. The van der Waals surface area contributed by atoms with E-state index in [1.807, 2.05) is 19.1 Å². The van der Waals surface area contributed by atoms with E-state index in [-0.39, 0.29) is 30.0 Å². The zero-order valence-electron chi connectivity index (χ0n) is 15.6. The van der Waals surface area contributed by atoms with Crippen LogP contribution in [0.5, 0.6) is 5.75 Å². The van der Waals surface area contributed by atoms with Gasteiger partial charge in [0.2, 0.25) is 0 Å². The highest BCUT2D eigenvalue weighted by molar-refractivity contribution is 5.77. The number of nitro groups is 1. The van der Waals surface area contributed by atoms with Crippen molar-refractivity contribution in [1.82, 2.24) is 10.2 Å². The molecular weight excluding hydrogens is 366 g/mol. The van der Waals surface area contributed by atoms with E-state index < -0.39 is 4.92 Å². The molecule has 9 heteroatoms. The summed E-state index contributed by atoms with van der Waals surface area (Å²) in [5.41, 5.74) is -0.174. The summed E-state index contributed by atoms with van der Waals surface area (Å²) >= 11 is 0. The Morgan fingerprint density at radius 1 is 1.29 bits per heavy atom. The number of nitro benzene ring substituents is 1. The summed E-state index contributed by atoms with van der Waals surface area (Å²) in [6.45, 7) is 4.65. The number of hydrogen-bond acceptors (Lipinski definition) is 7. The molecule has 9 nitrogen and oxygen atoms in total. The molecule has 1 aliphatic rings. The first kappa shape index (κ1) is 19.8. The summed E-state index contributed by atoms with van der Waals surface area (Å²) in [5, 5.41) is 13.8. The first-order valence-electron chi connectivity index (χ1n) is 9.05. The van der Waals surface area contributed by atoms with Gasteiger partial charge in [0.25, 0.3) is 5.91 Å². The van der Waals surface area contributed by atoms with Crippen LogP contribution in [0, 0.1) is 17.0 Å². The second-order valence-corrected chi connectivity index (χ2v) is 6.43. The number of amides is 1. The average Bonchev–Trinajstić information content (AvgIpc) is 3.13. The molecule has 0 bridgehead atoms. The molecule has 28 heavy (non-hydrogen) atoms. The van der Waals surface area contributed by atoms with Gasteiger partial charge in [-0.15, -0.1) is 0 Å². The van der Waals surface area contributed by atoms with E-state index >= 15 is 0 Å². The van der Waals surface area contributed by atoms with Gasteiger partial charge < -0.3 is 19.2 Å². The number of furan rings is 1. The predicted octanol–water partition coefficient (Wildman–Crippen LogP) is 2.06. The summed E-state index contributed by atoms with van der Waals surface area (Å²) in [4.78, 5) is 24.9. The summed E-state index contributed by atoms with van der Waals surface area (Å²) in [6, 6.07) is 9.65. The van der Waals surface area contributed by atoms with Crippen molar-refractivity contribution < 1.29 is 23.6 Å². The van der Waals surface area contributed by atoms with Gasteiger partial charge >= 0.3 is 5.69 Å². The quantitative estimate of drug-likeness (QED) is 0.544. The number of morpholine rings is 1. The number of rotatable bonds is 8. The molecule has 0 aliphatic carbocycles. The smallest absolute Gasteiger partial charge is 0.310 e. The van der Waals surface area contributed by atoms with Crippen molar-refractivity contribution in [3.05, 3.63) is 58.0 Å². The molecule has 2 aromatic rings. The van der Waals surface area contributed by atoms with Crippen molar-refractivity contribution in [2.75, 3.05) is 39.5 Å². The molecule has 1 amide bonds. The molecule has 2 heterocycles. The van der Waals surface area contributed by atoms with Crippen LogP contribution in [0.4, 0.5) is 5.69 Å². The third kappa shape index (κ3) is 5.08. The molecular formula is C19H23N3O6. The number of carbonyl (C=O) groups excluding carboxylic acids is 1. The van der Waals surface area contributed by atoms with Crippen LogP contribution in [0.3, 0.4) is 0 Å². The molecule has 1 aliphatic heterocycles. The molecule has 0 radical (unpaired) electrons. The number of nitrogens with zero attached hydrogens (tertiary/aromatic N) is 2. The summed E-state index contributed by atoms with van der Waals surface area (Å²) < 4.78 is 16.5. The molecule has 1 unspecified atom stereocenters. The number of aryl methyl sites for hydroxylation is 1.